The van der Waals surface area contributed by atoms with Crippen molar-refractivity contribution in [2.75, 3.05) is 18.5 Å². The minimum atomic E-state index is -0.865. The summed E-state index contributed by atoms with van der Waals surface area (Å²) in [6.07, 6.45) is 1.06. The van der Waals surface area contributed by atoms with Gasteiger partial charge in [0, 0.05) is 25.0 Å². The zero-order valence-electron chi connectivity index (χ0n) is 14.5. The second kappa shape index (κ2) is 7.68. The van der Waals surface area contributed by atoms with Gasteiger partial charge in [-0.3, -0.25) is 4.79 Å². The number of carbonyl (C=O) groups is 1. The van der Waals surface area contributed by atoms with Crippen LogP contribution in [0.1, 0.15) is 24.0 Å². The Morgan fingerprint density at radius 2 is 1.96 bits per heavy atom. The lowest BCUT2D eigenvalue weighted by molar-refractivity contribution is -0.124. The first-order valence-corrected chi connectivity index (χ1v) is 8.52. The molecular weight excluding hydrogens is 316 g/mol. The van der Waals surface area contributed by atoms with Crippen molar-refractivity contribution in [3.05, 3.63) is 59.7 Å². The van der Waals surface area contributed by atoms with E-state index in [2.05, 4.69) is 18.3 Å². The van der Waals surface area contributed by atoms with Crippen molar-refractivity contribution in [3.63, 3.8) is 0 Å². The van der Waals surface area contributed by atoms with Crippen LogP contribution in [0.2, 0.25) is 0 Å². The fourth-order valence-corrected chi connectivity index (χ4v) is 2.82. The van der Waals surface area contributed by atoms with Gasteiger partial charge in [-0.25, -0.2) is 0 Å². The Balaban J connectivity index is 1.63. The smallest absolute Gasteiger partial charge is 0.244 e. The summed E-state index contributed by atoms with van der Waals surface area (Å²) < 4.78 is 11.2. The van der Waals surface area contributed by atoms with Gasteiger partial charge in [-0.1, -0.05) is 30.3 Å². The van der Waals surface area contributed by atoms with Crippen LogP contribution in [0.5, 0.6) is 5.75 Å². The molecule has 1 saturated heterocycles. The van der Waals surface area contributed by atoms with E-state index in [4.69, 9.17) is 15.2 Å². The first-order valence-electron chi connectivity index (χ1n) is 8.52. The molecule has 5 nitrogen and oxygen atoms in total. The molecule has 2 aromatic carbocycles. The summed E-state index contributed by atoms with van der Waals surface area (Å²) in [7, 11) is 0. The van der Waals surface area contributed by atoms with Crippen LogP contribution in [0.3, 0.4) is 0 Å². The molecule has 0 radical (unpaired) electrons. The van der Waals surface area contributed by atoms with E-state index in [1.807, 2.05) is 42.5 Å². The van der Waals surface area contributed by atoms with E-state index in [9.17, 15) is 4.79 Å². The highest BCUT2D eigenvalue weighted by molar-refractivity contribution is 5.98. The number of carbonyl (C=O) groups excluding carboxylic acids is 1. The average Bonchev–Trinajstić information content (AvgIpc) is 2.62. The third-order valence-corrected chi connectivity index (χ3v) is 4.58. The number of rotatable bonds is 5. The fourth-order valence-electron chi connectivity index (χ4n) is 2.82. The molecule has 2 aromatic rings. The second-order valence-corrected chi connectivity index (χ2v) is 6.47. The third-order valence-electron chi connectivity index (χ3n) is 4.58. The van der Waals surface area contributed by atoms with Crippen LogP contribution in [-0.2, 0) is 16.1 Å². The second-order valence-electron chi connectivity index (χ2n) is 6.47. The molecule has 0 spiro atoms. The molecule has 25 heavy (non-hydrogen) atoms. The third kappa shape index (κ3) is 4.38. The lowest BCUT2D eigenvalue weighted by Gasteiger charge is -2.31. The molecule has 0 aliphatic carbocycles. The summed E-state index contributed by atoms with van der Waals surface area (Å²) in [6.45, 7) is 3.58. The maximum Gasteiger partial charge on any atom is 0.244 e. The number of hydrogen-bond donors (Lipinski definition) is 2. The molecule has 0 bridgehead atoms. The van der Waals surface area contributed by atoms with Crippen LogP contribution < -0.4 is 15.8 Å². The predicted molar refractivity (Wildman–Crippen MR) is 97.6 cm³/mol. The van der Waals surface area contributed by atoms with Crippen molar-refractivity contribution in [2.24, 2.45) is 5.73 Å². The molecule has 1 fully saturated rings. The van der Waals surface area contributed by atoms with Crippen LogP contribution in [0.4, 0.5) is 5.69 Å². The molecule has 0 aromatic heterocycles. The van der Waals surface area contributed by atoms with Gasteiger partial charge in [0.2, 0.25) is 5.91 Å². The number of amides is 1. The van der Waals surface area contributed by atoms with Crippen molar-refractivity contribution >= 4 is 11.6 Å². The van der Waals surface area contributed by atoms with Crippen molar-refractivity contribution in [2.45, 2.75) is 31.9 Å². The number of anilines is 1. The SMILES string of the molecule is Cc1ccccc1COc1cccc(NC(=O)C2(N)CCOCC2)c1. The lowest BCUT2D eigenvalue weighted by atomic mass is 9.90. The van der Waals surface area contributed by atoms with E-state index < -0.39 is 5.54 Å². The Kier molecular flexibility index (Phi) is 5.36. The normalized spacial score (nSPS) is 16.2. The monoisotopic (exact) mass is 340 g/mol. The number of benzene rings is 2. The molecule has 5 heteroatoms. The van der Waals surface area contributed by atoms with Gasteiger partial charge in [0.1, 0.15) is 17.9 Å². The Bertz CT molecular complexity index is 739. The van der Waals surface area contributed by atoms with Crippen LogP contribution >= 0.6 is 0 Å². The van der Waals surface area contributed by atoms with Crippen molar-refractivity contribution in [1.82, 2.24) is 0 Å². The molecule has 1 aliphatic heterocycles. The maximum atomic E-state index is 12.5. The van der Waals surface area contributed by atoms with E-state index in [1.165, 1.54) is 5.56 Å². The predicted octanol–water partition coefficient (Wildman–Crippen LogP) is 3.02. The van der Waals surface area contributed by atoms with Gasteiger partial charge < -0.3 is 20.5 Å². The quantitative estimate of drug-likeness (QED) is 0.877. The van der Waals surface area contributed by atoms with E-state index in [-0.39, 0.29) is 5.91 Å². The Morgan fingerprint density at radius 3 is 2.72 bits per heavy atom. The fraction of sp³-hybridized carbons (Fsp3) is 0.350. The molecule has 0 atom stereocenters. The van der Waals surface area contributed by atoms with E-state index >= 15 is 0 Å². The van der Waals surface area contributed by atoms with Crippen molar-refractivity contribution in [3.8, 4) is 5.75 Å². The minimum Gasteiger partial charge on any atom is -0.489 e. The Hall–Kier alpha value is -2.37. The number of hydrogen-bond acceptors (Lipinski definition) is 4. The van der Waals surface area contributed by atoms with Crippen molar-refractivity contribution < 1.29 is 14.3 Å². The van der Waals surface area contributed by atoms with Gasteiger partial charge in [-0.15, -0.1) is 0 Å². The first-order chi connectivity index (χ1) is 12.1. The molecule has 1 heterocycles. The van der Waals surface area contributed by atoms with Gasteiger partial charge in [0.25, 0.3) is 0 Å². The molecule has 3 rings (SSSR count). The molecule has 0 unspecified atom stereocenters. The van der Waals surface area contributed by atoms with Gasteiger partial charge in [-0.05, 0) is 43.0 Å². The van der Waals surface area contributed by atoms with E-state index in [0.717, 1.165) is 5.56 Å². The molecule has 1 aliphatic rings. The summed E-state index contributed by atoms with van der Waals surface area (Å²) >= 11 is 0. The van der Waals surface area contributed by atoms with Gasteiger partial charge in [0.05, 0.1) is 0 Å². The van der Waals surface area contributed by atoms with Crippen LogP contribution in [0.15, 0.2) is 48.5 Å². The van der Waals surface area contributed by atoms with Crippen LogP contribution in [0, 0.1) is 6.92 Å². The highest BCUT2D eigenvalue weighted by Crippen LogP contribution is 2.23. The number of aryl methyl sites for hydroxylation is 1. The standard InChI is InChI=1S/C20H24N2O3/c1-15-5-2-3-6-16(15)14-25-18-8-4-7-17(13-18)22-19(23)20(21)9-11-24-12-10-20/h2-8,13H,9-12,14,21H2,1H3,(H,22,23). The van der Waals surface area contributed by atoms with Gasteiger partial charge in [-0.2, -0.15) is 0 Å². The molecule has 3 N–H and O–H groups in total. The summed E-state index contributed by atoms with van der Waals surface area (Å²) in [6, 6.07) is 15.5. The molecule has 1 amide bonds. The average molecular weight is 340 g/mol. The number of nitrogens with one attached hydrogen (secondary N) is 1. The maximum absolute atomic E-state index is 12.5. The molecule has 132 valence electrons. The topological polar surface area (TPSA) is 73.6 Å². The Morgan fingerprint density at radius 1 is 1.20 bits per heavy atom. The zero-order chi connectivity index (χ0) is 17.7. The summed E-state index contributed by atoms with van der Waals surface area (Å²) in [5, 5.41) is 2.90. The highest BCUT2D eigenvalue weighted by Gasteiger charge is 2.35. The van der Waals surface area contributed by atoms with Crippen molar-refractivity contribution in [1.29, 1.82) is 0 Å². The van der Waals surface area contributed by atoms with Crippen LogP contribution in [-0.4, -0.2) is 24.7 Å². The molecular formula is C20H24N2O3. The summed E-state index contributed by atoms with van der Waals surface area (Å²) in [5.41, 5.74) is 8.37. The van der Waals surface area contributed by atoms with Gasteiger partial charge in [0.15, 0.2) is 0 Å². The largest absolute Gasteiger partial charge is 0.489 e. The van der Waals surface area contributed by atoms with Gasteiger partial charge >= 0.3 is 0 Å². The molecule has 0 saturated carbocycles. The highest BCUT2D eigenvalue weighted by atomic mass is 16.5. The zero-order valence-corrected chi connectivity index (χ0v) is 14.5. The van der Waals surface area contributed by atoms with E-state index in [0.29, 0.717) is 44.1 Å². The minimum absolute atomic E-state index is 0.174. The lowest BCUT2D eigenvalue weighted by Crippen LogP contribution is -2.54. The number of ether oxygens (including phenoxy) is 2. The Labute approximate surface area is 148 Å². The number of nitrogens with two attached hydrogens (primary N) is 1. The summed E-state index contributed by atoms with van der Waals surface area (Å²) in [4.78, 5) is 12.5. The van der Waals surface area contributed by atoms with Crippen LogP contribution in [0.25, 0.3) is 0 Å². The van der Waals surface area contributed by atoms with E-state index in [1.54, 1.807) is 0 Å². The first kappa shape index (κ1) is 17.5. The summed E-state index contributed by atoms with van der Waals surface area (Å²) in [5.74, 6) is 0.533.